The van der Waals surface area contributed by atoms with Gasteiger partial charge in [-0.3, -0.25) is 0 Å². The third-order valence-electron chi connectivity index (χ3n) is 4.96. The summed E-state index contributed by atoms with van der Waals surface area (Å²) in [5.41, 5.74) is -1.65. The van der Waals surface area contributed by atoms with E-state index in [4.69, 9.17) is 0 Å². The van der Waals surface area contributed by atoms with Gasteiger partial charge in [0.15, 0.2) is 0 Å². The van der Waals surface area contributed by atoms with Crippen molar-refractivity contribution in [3.63, 3.8) is 0 Å². The molecule has 1 aliphatic rings. The standard InChI is InChI=1S/C21H18F6N6O/c22-20(23,24)12-3-1-5-14(9-12)28-17-30-18(32-19(31-17)33-8-7-16(34)11-33)29-15-6-2-4-13(10-15)21(25,26)27/h1-6,9-10,16,34H,7-8,11H2,(H2,28,29,30,31,32). The number of β-amino-alcohol motifs (C(OH)–C–C–N with tert-alkyl or cyclic N) is 1. The molecule has 1 saturated heterocycles. The minimum Gasteiger partial charge on any atom is -0.391 e. The Hall–Kier alpha value is -3.61. The van der Waals surface area contributed by atoms with Crippen LogP contribution in [-0.2, 0) is 12.4 Å². The quantitative estimate of drug-likeness (QED) is 0.441. The Balaban J connectivity index is 1.66. The third-order valence-corrected chi connectivity index (χ3v) is 4.96. The molecule has 1 aromatic heterocycles. The van der Waals surface area contributed by atoms with Crippen LogP contribution in [0.1, 0.15) is 17.5 Å². The predicted molar refractivity (Wildman–Crippen MR) is 112 cm³/mol. The highest BCUT2D eigenvalue weighted by molar-refractivity contribution is 5.60. The first-order valence-corrected chi connectivity index (χ1v) is 10.0. The van der Waals surface area contributed by atoms with Crippen molar-refractivity contribution in [1.29, 1.82) is 0 Å². The first kappa shape index (κ1) is 23.5. The van der Waals surface area contributed by atoms with Gasteiger partial charge in [-0.25, -0.2) is 0 Å². The average Bonchev–Trinajstić information content (AvgIpc) is 3.19. The van der Waals surface area contributed by atoms with Crippen molar-refractivity contribution in [3.05, 3.63) is 59.7 Å². The molecule has 0 saturated carbocycles. The molecule has 4 rings (SSSR count). The van der Waals surface area contributed by atoms with E-state index in [2.05, 4.69) is 25.6 Å². The molecular formula is C21H18F6N6O. The van der Waals surface area contributed by atoms with Crippen LogP contribution in [0, 0.1) is 0 Å². The number of aromatic nitrogens is 3. The Labute approximate surface area is 189 Å². The Kier molecular flexibility index (Phi) is 6.21. The number of aliphatic hydroxyl groups is 1. The van der Waals surface area contributed by atoms with Gasteiger partial charge in [0.05, 0.1) is 17.2 Å². The van der Waals surface area contributed by atoms with Gasteiger partial charge in [0.1, 0.15) is 0 Å². The van der Waals surface area contributed by atoms with Crippen molar-refractivity contribution < 1.29 is 31.4 Å². The molecule has 13 heteroatoms. The van der Waals surface area contributed by atoms with Gasteiger partial charge in [-0.05, 0) is 42.8 Å². The molecule has 0 spiro atoms. The minimum absolute atomic E-state index is 0.0541. The summed E-state index contributed by atoms with van der Waals surface area (Å²) in [6.07, 6.45) is -9.26. The van der Waals surface area contributed by atoms with E-state index in [1.807, 2.05) is 0 Å². The topological polar surface area (TPSA) is 86.2 Å². The lowest BCUT2D eigenvalue weighted by molar-refractivity contribution is -0.138. The SMILES string of the molecule is OC1CCN(c2nc(Nc3cccc(C(F)(F)F)c3)nc(Nc3cccc(C(F)(F)F)c3)n2)C1. The highest BCUT2D eigenvalue weighted by Gasteiger charge is 2.31. The molecule has 7 nitrogen and oxygen atoms in total. The van der Waals surface area contributed by atoms with E-state index in [-0.39, 0.29) is 35.8 Å². The van der Waals surface area contributed by atoms with Gasteiger partial charge in [0, 0.05) is 24.5 Å². The summed E-state index contributed by atoms with van der Waals surface area (Å²) in [5, 5.41) is 15.2. The average molecular weight is 484 g/mol. The van der Waals surface area contributed by atoms with Crippen molar-refractivity contribution in [2.24, 2.45) is 0 Å². The lowest BCUT2D eigenvalue weighted by atomic mass is 10.2. The molecule has 0 bridgehead atoms. The summed E-state index contributed by atoms with van der Waals surface area (Å²) < 4.78 is 78.3. The fraction of sp³-hybridized carbons (Fsp3) is 0.286. The van der Waals surface area contributed by atoms with E-state index in [9.17, 15) is 31.4 Å². The van der Waals surface area contributed by atoms with Crippen LogP contribution in [0.15, 0.2) is 48.5 Å². The summed E-state index contributed by atoms with van der Waals surface area (Å²) >= 11 is 0. The molecule has 0 amide bonds. The van der Waals surface area contributed by atoms with Gasteiger partial charge < -0.3 is 20.6 Å². The van der Waals surface area contributed by atoms with Crippen LogP contribution < -0.4 is 15.5 Å². The monoisotopic (exact) mass is 484 g/mol. The van der Waals surface area contributed by atoms with Crippen LogP contribution in [0.25, 0.3) is 0 Å². The number of aliphatic hydroxyl groups excluding tert-OH is 1. The molecule has 0 radical (unpaired) electrons. The fourth-order valence-electron chi connectivity index (χ4n) is 3.35. The van der Waals surface area contributed by atoms with Gasteiger partial charge in [-0.2, -0.15) is 41.3 Å². The number of anilines is 5. The summed E-state index contributed by atoms with van der Waals surface area (Å²) in [5.74, 6) is -0.143. The van der Waals surface area contributed by atoms with Crippen LogP contribution in [0.2, 0.25) is 0 Å². The second kappa shape index (κ2) is 8.97. The summed E-state index contributed by atoms with van der Waals surface area (Å²) in [4.78, 5) is 14.2. The molecule has 34 heavy (non-hydrogen) atoms. The highest BCUT2D eigenvalue weighted by Crippen LogP contribution is 2.33. The van der Waals surface area contributed by atoms with Gasteiger partial charge in [-0.1, -0.05) is 12.1 Å². The Morgan fingerprint density at radius 1 is 0.794 bits per heavy atom. The molecule has 1 fully saturated rings. The second-order valence-corrected chi connectivity index (χ2v) is 7.58. The van der Waals surface area contributed by atoms with Crippen LogP contribution in [0.3, 0.4) is 0 Å². The van der Waals surface area contributed by atoms with Crippen molar-refractivity contribution in [3.8, 4) is 0 Å². The zero-order chi connectivity index (χ0) is 24.5. The van der Waals surface area contributed by atoms with Gasteiger partial charge in [0.25, 0.3) is 0 Å². The molecule has 3 aromatic rings. The summed E-state index contributed by atoms with van der Waals surface area (Å²) in [6, 6.07) is 8.78. The molecular weight excluding hydrogens is 466 g/mol. The molecule has 1 aliphatic heterocycles. The smallest absolute Gasteiger partial charge is 0.391 e. The molecule has 2 aromatic carbocycles. The Bertz CT molecular complexity index is 1090. The van der Waals surface area contributed by atoms with Gasteiger partial charge in [0.2, 0.25) is 17.8 Å². The van der Waals surface area contributed by atoms with Gasteiger partial charge >= 0.3 is 12.4 Å². The van der Waals surface area contributed by atoms with E-state index in [1.54, 1.807) is 4.90 Å². The Morgan fingerprint density at radius 3 is 1.71 bits per heavy atom. The number of hydrogen-bond acceptors (Lipinski definition) is 7. The molecule has 2 heterocycles. The largest absolute Gasteiger partial charge is 0.416 e. The summed E-state index contributed by atoms with van der Waals surface area (Å²) in [6.45, 7) is 0.632. The van der Waals surface area contributed by atoms with Crippen molar-refractivity contribution in [2.45, 2.75) is 24.9 Å². The third kappa shape index (κ3) is 5.65. The zero-order valence-corrected chi connectivity index (χ0v) is 17.3. The number of nitrogens with one attached hydrogen (secondary N) is 2. The number of rotatable bonds is 5. The number of halogens is 6. The van der Waals surface area contributed by atoms with E-state index in [0.717, 1.165) is 24.3 Å². The van der Waals surface area contributed by atoms with E-state index >= 15 is 0 Å². The van der Waals surface area contributed by atoms with Crippen LogP contribution in [0.5, 0.6) is 0 Å². The number of nitrogens with zero attached hydrogens (tertiary/aromatic N) is 4. The first-order chi connectivity index (χ1) is 16.0. The maximum absolute atomic E-state index is 13.0. The van der Waals surface area contributed by atoms with E-state index in [1.165, 1.54) is 24.3 Å². The number of benzene rings is 2. The van der Waals surface area contributed by atoms with Crippen molar-refractivity contribution >= 4 is 29.2 Å². The minimum atomic E-state index is -4.55. The van der Waals surface area contributed by atoms with Crippen LogP contribution in [0.4, 0.5) is 55.6 Å². The lowest BCUT2D eigenvalue weighted by Crippen LogP contribution is -2.24. The Morgan fingerprint density at radius 2 is 1.29 bits per heavy atom. The first-order valence-electron chi connectivity index (χ1n) is 10.0. The van der Waals surface area contributed by atoms with Crippen LogP contribution in [-0.4, -0.2) is 39.3 Å². The predicted octanol–water partition coefficient (Wildman–Crippen LogP) is 4.97. The second-order valence-electron chi connectivity index (χ2n) is 7.58. The molecule has 3 N–H and O–H groups in total. The van der Waals surface area contributed by atoms with Crippen LogP contribution >= 0.6 is 0 Å². The zero-order valence-electron chi connectivity index (χ0n) is 17.3. The maximum atomic E-state index is 13.0. The van der Waals surface area contributed by atoms with Crippen molar-refractivity contribution in [1.82, 2.24) is 15.0 Å². The number of hydrogen-bond donors (Lipinski definition) is 3. The van der Waals surface area contributed by atoms with Crippen molar-refractivity contribution in [2.75, 3.05) is 28.6 Å². The van der Waals surface area contributed by atoms with E-state index in [0.29, 0.717) is 13.0 Å². The molecule has 1 atom stereocenters. The molecule has 180 valence electrons. The maximum Gasteiger partial charge on any atom is 0.416 e. The van der Waals surface area contributed by atoms with E-state index < -0.39 is 29.6 Å². The summed E-state index contributed by atoms with van der Waals surface area (Å²) in [7, 11) is 0. The normalized spacial score (nSPS) is 16.6. The van der Waals surface area contributed by atoms with Gasteiger partial charge in [-0.15, -0.1) is 0 Å². The molecule has 0 aliphatic carbocycles. The number of alkyl halides is 6. The molecule has 1 unspecified atom stereocenters. The highest BCUT2D eigenvalue weighted by atomic mass is 19.4. The lowest BCUT2D eigenvalue weighted by Gasteiger charge is -2.18. The fourth-order valence-corrected chi connectivity index (χ4v) is 3.35.